The van der Waals surface area contributed by atoms with E-state index in [1.54, 1.807) is 12.3 Å². The average molecular weight is 340 g/mol. The van der Waals surface area contributed by atoms with Gasteiger partial charge in [-0.2, -0.15) is 4.39 Å². The molecule has 2 saturated heterocycles. The van der Waals surface area contributed by atoms with Crippen LogP contribution in [0.5, 0.6) is 0 Å². The average Bonchev–Trinajstić information content (AvgIpc) is 2.87. The number of carbonyl (C=O) groups excluding carboxylic acids is 1. The molecule has 4 nitrogen and oxygen atoms in total. The summed E-state index contributed by atoms with van der Waals surface area (Å²) in [5.41, 5.74) is 2.00. The predicted octanol–water partition coefficient (Wildman–Crippen LogP) is 4.27. The van der Waals surface area contributed by atoms with Crippen molar-refractivity contribution in [2.75, 3.05) is 0 Å². The van der Waals surface area contributed by atoms with E-state index in [0.717, 1.165) is 36.8 Å². The molecule has 130 valence electrons. The van der Waals surface area contributed by atoms with E-state index in [1.807, 2.05) is 35.2 Å². The molecule has 3 heterocycles. The number of hydrogen-bond acceptors (Lipinski definition) is 3. The lowest BCUT2D eigenvalue weighted by Gasteiger charge is -2.35. The summed E-state index contributed by atoms with van der Waals surface area (Å²) >= 11 is 0. The van der Waals surface area contributed by atoms with E-state index in [4.69, 9.17) is 4.74 Å². The number of benzene rings is 1. The van der Waals surface area contributed by atoms with E-state index in [1.165, 1.54) is 6.07 Å². The zero-order valence-corrected chi connectivity index (χ0v) is 14.0. The summed E-state index contributed by atoms with van der Waals surface area (Å²) in [7, 11) is 0. The Morgan fingerprint density at radius 2 is 2.04 bits per heavy atom. The van der Waals surface area contributed by atoms with Gasteiger partial charge in [-0.05, 0) is 42.9 Å². The smallest absolute Gasteiger partial charge is 0.410 e. The van der Waals surface area contributed by atoms with Crippen LogP contribution in [0, 0.1) is 5.95 Å². The largest absolute Gasteiger partial charge is 0.445 e. The molecule has 0 N–H and O–H groups in total. The zero-order valence-electron chi connectivity index (χ0n) is 14.0. The molecular formula is C20H21FN2O2. The number of piperidine rings is 1. The summed E-state index contributed by atoms with van der Waals surface area (Å²) in [4.78, 5) is 18.4. The maximum Gasteiger partial charge on any atom is 0.410 e. The Morgan fingerprint density at radius 3 is 2.80 bits per heavy atom. The van der Waals surface area contributed by atoms with Crippen molar-refractivity contribution in [1.29, 1.82) is 0 Å². The van der Waals surface area contributed by atoms with Crippen LogP contribution in [0.2, 0.25) is 0 Å². The Morgan fingerprint density at radius 1 is 1.20 bits per heavy atom. The lowest BCUT2D eigenvalue weighted by atomic mass is 9.91. The fourth-order valence-corrected chi connectivity index (χ4v) is 4.23. The first-order valence-corrected chi connectivity index (χ1v) is 8.83. The van der Waals surface area contributed by atoms with Crippen molar-refractivity contribution in [3.05, 3.63) is 65.7 Å². The van der Waals surface area contributed by atoms with Crippen LogP contribution >= 0.6 is 0 Å². The molecule has 0 radical (unpaired) electrons. The number of fused-ring (bicyclic) bond motifs is 2. The maximum atomic E-state index is 13.1. The molecule has 2 aliphatic rings. The molecule has 3 unspecified atom stereocenters. The number of nitrogens with zero attached hydrogens (tertiary/aromatic N) is 2. The predicted molar refractivity (Wildman–Crippen MR) is 91.4 cm³/mol. The first-order chi connectivity index (χ1) is 12.2. The van der Waals surface area contributed by atoms with Crippen LogP contribution in [0.4, 0.5) is 9.18 Å². The second kappa shape index (κ2) is 6.82. The second-order valence-electron chi connectivity index (χ2n) is 6.86. The highest BCUT2D eigenvalue weighted by Crippen LogP contribution is 2.45. The highest BCUT2D eigenvalue weighted by atomic mass is 19.1. The first kappa shape index (κ1) is 16.1. The fourth-order valence-electron chi connectivity index (χ4n) is 4.23. The summed E-state index contributed by atoms with van der Waals surface area (Å²) in [6, 6.07) is 13.2. The maximum absolute atomic E-state index is 13.1. The number of amides is 1. The van der Waals surface area contributed by atoms with Crippen molar-refractivity contribution < 1.29 is 13.9 Å². The third-order valence-electron chi connectivity index (χ3n) is 5.37. The van der Waals surface area contributed by atoms with Gasteiger partial charge in [0, 0.05) is 24.2 Å². The molecule has 4 rings (SSSR count). The van der Waals surface area contributed by atoms with E-state index in [-0.39, 0.29) is 24.1 Å². The van der Waals surface area contributed by atoms with Crippen molar-refractivity contribution >= 4 is 6.09 Å². The molecule has 2 fully saturated rings. The molecule has 25 heavy (non-hydrogen) atoms. The fraction of sp³-hybridized carbons (Fsp3) is 0.400. The Labute approximate surface area is 146 Å². The van der Waals surface area contributed by atoms with Crippen molar-refractivity contribution in [3.63, 3.8) is 0 Å². The van der Waals surface area contributed by atoms with Gasteiger partial charge in [0.05, 0.1) is 0 Å². The number of rotatable bonds is 3. The Hall–Kier alpha value is -2.43. The van der Waals surface area contributed by atoms with Gasteiger partial charge in [0.15, 0.2) is 0 Å². The SMILES string of the molecule is O=C(OCc1ccccc1)N1C2CCCC1C(c1ccc(F)nc1)C2. The quantitative estimate of drug-likeness (QED) is 0.784. The van der Waals surface area contributed by atoms with Crippen LogP contribution in [0.3, 0.4) is 0 Å². The summed E-state index contributed by atoms with van der Waals surface area (Å²) in [6.45, 7) is 0.290. The van der Waals surface area contributed by atoms with E-state index in [2.05, 4.69) is 4.98 Å². The third kappa shape index (κ3) is 3.23. The standard InChI is InChI=1S/C20H21FN2O2/c21-19-10-9-15(12-22-19)17-11-16-7-4-8-18(17)23(16)20(24)25-13-14-5-2-1-3-6-14/h1-3,5-6,9-10,12,16-18H,4,7-8,11,13H2. The molecule has 1 aromatic heterocycles. The van der Waals surface area contributed by atoms with Gasteiger partial charge in [0.25, 0.3) is 0 Å². The molecule has 1 amide bonds. The number of carbonyl (C=O) groups is 1. The van der Waals surface area contributed by atoms with Crippen LogP contribution in [-0.2, 0) is 11.3 Å². The summed E-state index contributed by atoms with van der Waals surface area (Å²) in [6.07, 6.45) is 5.34. The van der Waals surface area contributed by atoms with E-state index < -0.39 is 5.95 Å². The van der Waals surface area contributed by atoms with Crippen molar-refractivity contribution in [1.82, 2.24) is 9.88 Å². The van der Waals surface area contributed by atoms with Crippen LogP contribution in [0.15, 0.2) is 48.7 Å². The van der Waals surface area contributed by atoms with Gasteiger partial charge in [0.2, 0.25) is 5.95 Å². The Balaban J connectivity index is 1.48. The van der Waals surface area contributed by atoms with Gasteiger partial charge >= 0.3 is 6.09 Å². The minimum atomic E-state index is -0.469. The van der Waals surface area contributed by atoms with Gasteiger partial charge in [-0.15, -0.1) is 0 Å². The number of ether oxygens (including phenoxy) is 1. The molecule has 0 aliphatic carbocycles. The van der Waals surface area contributed by atoms with E-state index >= 15 is 0 Å². The monoisotopic (exact) mass is 340 g/mol. The van der Waals surface area contributed by atoms with Crippen LogP contribution in [0.1, 0.15) is 42.7 Å². The zero-order chi connectivity index (χ0) is 17.2. The van der Waals surface area contributed by atoms with Gasteiger partial charge in [-0.3, -0.25) is 0 Å². The van der Waals surface area contributed by atoms with Crippen molar-refractivity contribution in [2.45, 2.75) is 50.3 Å². The minimum absolute atomic E-state index is 0.120. The van der Waals surface area contributed by atoms with Crippen LogP contribution < -0.4 is 0 Å². The minimum Gasteiger partial charge on any atom is -0.445 e. The molecule has 2 aromatic rings. The summed E-state index contributed by atoms with van der Waals surface area (Å²) in [5, 5.41) is 0. The number of halogens is 1. The Bertz CT molecular complexity index is 735. The van der Waals surface area contributed by atoms with E-state index in [0.29, 0.717) is 6.61 Å². The van der Waals surface area contributed by atoms with Gasteiger partial charge in [-0.1, -0.05) is 36.4 Å². The molecule has 2 aliphatic heterocycles. The topological polar surface area (TPSA) is 42.4 Å². The number of hydrogen-bond donors (Lipinski definition) is 0. The summed E-state index contributed by atoms with van der Waals surface area (Å²) in [5.74, 6) is -0.256. The first-order valence-electron chi connectivity index (χ1n) is 8.83. The highest BCUT2D eigenvalue weighted by Gasteiger charge is 2.47. The van der Waals surface area contributed by atoms with Gasteiger partial charge in [0.1, 0.15) is 6.61 Å². The molecule has 2 bridgehead atoms. The molecular weight excluding hydrogens is 319 g/mol. The Kier molecular flexibility index (Phi) is 4.38. The molecule has 3 atom stereocenters. The highest BCUT2D eigenvalue weighted by molar-refractivity contribution is 5.69. The molecule has 1 aromatic carbocycles. The van der Waals surface area contributed by atoms with Crippen LogP contribution in [-0.4, -0.2) is 28.1 Å². The summed E-state index contributed by atoms with van der Waals surface area (Å²) < 4.78 is 18.7. The number of aromatic nitrogens is 1. The molecule has 5 heteroatoms. The van der Waals surface area contributed by atoms with Crippen molar-refractivity contribution in [3.8, 4) is 0 Å². The third-order valence-corrected chi connectivity index (χ3v) is 5.37. The van der Waals surface area contributed by atoms with Crippen LogP contribution in [0.25, 0.3) is 0 Å². The number of pyridine rings is 1. The second-order valence-corrected chi connectivity index (χ2v) is 6.86. The van der Waals surface area contributed by atoms with Gasteiger partial charge < -0.3 is 9.64 Å². The lowest BCUT2D eigenvalue weighted by Crippen LogP contribution is -2.45. The molecule has 0 spiro atoms. The lowest BCUT2D eigenvalue weighted by molar-refractivity contribution is 0.0636. The van der Waals surface area contributed by atoms with E-state index in [9.17, 15) is 9.18 Å². The normalized spacial score (nSPS) is 25.0. The van der Waals surface area contributed by atoms with Gasteiger partial charge in [-0.25, -0.2) is 9.78 Å². The molecule has 0 saturated carbocycles. The van der Waals surface area contributed by atoms with Crippen molar-refractivity contribution in [2.24, 2.45) is 0 Å².